The van der Waals surface area contributed by atoms with Gasteiger partial charge < -0.3 is 19.9 Å². The van der Waals surface area contributed by atoms with Crippen molar-refractivity contribution < 1.29 is 14.3 Å². The van der Waals surface area contributed by atoms with E-state index in [0.29, 0.717) is 26.1 Å². The summed E-state index contributed by atoms with van der Waals surface area (Å²) in [5, 5.41) is 3.10. The number of benzene rings is 1. The number of amides is 2. The van der Waals surface area contributed by atoms with Crippen molar-refractivity contribution >= 4 is 17.7 Å². The SMILES string of the molecule is CCOC(=O)N1CCC(NC(=O)Cc2ccc(N3CCCC3)cc2)CC1. The molecule has 1 aromatic rings. The number of rotatable bonds is 5. The first-order valence-electron chi connectivity index (χ1n) is 9.70. The van der Waals surface area contributed by atoms with Gasteiger partial charge in [-0.15, -0.1) is 0 Å². The van der Waals surface area contributed by atoms with Crippen LogP contribution in [0.3, 0.4) is 0 Å². The number of ether oxygens (including phenoxy) is 1. The molecule has 0 unspecified atom stereocenters. The number of hydrogen-bond acceptors (Lipinski definition) is 4. The maximum atomic E-state index is 12.3. The number of likely N-dealkylation sites (tertiary alicyclic amines) is 1. The van der Waals surface area contributed by atoms with E-state index in [1.165, 1.54) is 18.5 Å². The van der Waals surface area contributed by atoms with Crippen molar-refractivity contribution in [1.29, 1.82) is 0 Å². The lowest BCUT2D eigenvalue weighted by molar-refractivity contribution is -0.121. The molecule has 1 N–H and O–H groups in total. The Bertz CT molecular complexity index is 603. The first-order valence-corrected chi connectivity index (χ1v) is 9.70. The maximum Gasteiger partial charge on any atom is 0.409 e. The van der Waals surface area contributed by atoms with Crippen LogP contribution < -0.4 is 10.2 Å². The van der Waals surface area contributed by atoms with E-state index >= 15 is 0 Å². The Kier molecular flexibility index (Phi) is 6.36. The Morgan fingerprint density at radius 1 is 1.08 bits per heavy atom. The average Bonchev–Trinajstić information content (AvgIpc) is 3.18. The van der Waals surface area contributed by atoms with E-state index in [1.807, 2.05) is 6.92 Å². The largest absolute Gasteiger partial charge is 0.450 e. The lowest BCUT2D eigenvalue weighted by atomic mass is 10.0. The molecule has 6 heteroatoms. The van der Waals surface area contributed by atoms with Gasteiger partial charge in [0, 0.05) is 37.9 Å². The molecule has 26 heavy (non-hydrogen) atoms. The summed E-state index contributed by atoms with van der Waals surface area (Å²) in [5.41, 5.74) is 2.28. The normalized spacial score (nSPS) is 18.0. The zero-order valence-corrected chi connectivity index (χ0v) is 15.6. The molecular formula is C20H29N3O3. The molecule has 0 aromatic heterocycles. The molecule has 0 saturated carbocycles. The van der Waals surface area contributed by atoms with Gasteiger partial charge in [0.1, 0.15) is 0 Å². The molecule has 0 radical (unpaired) electrons. The lowest BCUT2D eigenvalue weighted by Crippen LogP contribution is -2.47. The van der Waals surface area contributed by atoms with E-state index in [0.717, 1.165) is 31.5 Å². The van der Waals surface area contributed by atoms with Gasteiger partial charge in [-0.25, -0.2) is 4.79 Å². The highest BCUT2D eigenvalue weighted by molar-refractivity contribution is 5.79. The van der Waals surface area contributed by atoms with Gasteiger partial charge in [-0.2, -0.15) is 0 Å². The van der Waals surface area contributed by atoms with Gasteiger partial charge in [0.05, 0.1) is 13.0 Å². The second kappa shape index (κ2) is 8.92. The third-order valence-electron chi connectivity index (χ3n) is 5.16. The molecule has 2 fully saturated rings. The molecule has 1 aromatic carbocycles. The van der Waals surface area contributed by atoms with Crippen molar-refractivity contribution in [2.75, 3.05) is 37.7 Å². The van der Waals surface area contributed by atoms with Crippen molar-refractivity contribution in [2.24, 2.45) is 0 Å². The Morgan fingerprint density at radius 3 is 2.35 bits per heavy atom. The van der Waals surface area contributed by atoms with E-state index in [4.69, 9.17) is 4.74 Å². The van der Waals surface area contributed by atoms with Crippen LogP contribution in [0.15, 0.2) is 24.3 Å². The third-order valence-corrected chi connectivity index (χ3v) is 5.16. The van der Waals surface area contributed by atoms with Gasteiger partial charge in [0.15, 0.2) is 0 Å². The lowest BCUT2D eigenvalue weighted by Gasteiger charge is -2.31. The summed E-state index contributed by atoms with van der Waals surface area (Å²) in [6.07, 6.45) is 4.23. The molecule has 0 aliphatic carbocycles. The van der Waals surface area contributed by atoms with Gasteiger partial charge in [0.25, 0.3) is 0 Å². The number of carbonyl (C=O) groups is 2. The summed E-state index contributed by atoms with van der Waals surface area (Å²) in [5.74, 6) is 0.0495. The van der Waals surface area contributed by atoms with Crippen molar-refractivity contribution in [1.82, 2.24) is 10.2 Å². The quantitative estimate of drug-likeness (QED) is 0.878. The molecule has 6 nitrogen and oxygen atoms in total. The van der Waals surface area contributed by atoms with E-state index in [-0.39, 0.29) is 18.0 Å². The highest BCUT2D eigenvalue weighted by atomic mass is 16.6. The summed E-state index contributed by atoms with van der Waals surface area (Å²) >= 11 is 0. The van der Waals surface area contributed by atoms with Crippen LogP contribution in [0.4, 0.5) is 10.5 Å². The standard InChI is InChI=1S/C20H29N3O3/c1-2-26-20(25)23-13-9-17(10-14-23)21-19(24)15-16-5-7-18(8-6-16)22-11-3-4-12-22/h5-8,17H,2-4,9-15H2,1H3,(H,21,24). The number of piperidine rings is 1. The zero-order valence-electron chi connectivity index (χ0n) is 15.6. The topological polar surface area (TPSA) is 61.9 Å². The van der Waals surface area contributed by atoms with Crippen LogP contribution in [0.2, 0.25) is 0 Å². The Labute approximate surface area is 155 Å². The predicted molar refractivity (Wildman–Crippen MR) is 101 cm³/mol. The number of anilines is 1. The summed E-state index contributed by atoms with van der Waals surface area (Å²) in [6, 6.07) is 8.47. The molecule has 2 saturated heterocycles. The fourth-order valence-electron chi connectivity index (χ4n) is 3.69. The summed E-state index contributed by atoms with van der Waals surface area (Å²) < 4.78 is 5.02. The number of hydrogen-bond donors (Lipinski definition) is 1. The molecule has 2 amide bonds. The van der Waals surface area contributed by atoms with Crippen LogP contribution in [0, 0.1) is 0 Å². The zero-order chi connectivity index (χ0) is 18.4. The Hall–Kier alpha value is -2.24. The molecule has 0 spiro atoms. The van der Waals surface area contributed by atoms with Crippen molar-refractivity contribution in [3.8, 4) is 0 Å². The number of nitrogens with zero attached hydrogens (tertiary/aromatic N) is 2. The monoisotopic (exact) mass is 359 g/mol. The molecule has 2 aliphatic rings. The molecule has 142 valence electrons. The fourth-order valence-corrected chi connectivity index (χ4v) is 3.69. The molecule has 0 atom stereocenters. The van der Waals surface area contributed by atoms with Crippen LogP contribution in [0.5, 0.6) is 0 Å². The van der Waals surface area contributed by atoms with Crippen molar-refractivity contribution in [3.63, 3.8) is 0 Å². The minimum atomic E-state index is -0.254. The van der Waals surface area contributed by atoms with Gasteiger partial charge in [-0.3, -0.25) is 4.79 Å². The first kappa shape index (κ1) is 18.5. The highest BCUT2D eigenvalue weighted by Gasteiger charge is 2.24. The minimum Gasteiger partial charge on any atom is -0.450 e. The third kappa shape index (κ3) is 4.90. The fraction of sp³-hybridized carbons (Fsp3) is 0.600. The van der Waals surface area contributed by atoms with Gasteiger partial charge in [-0.05, 0) is 50.3 Å². The molecule has 3 rings (SSSR count). The van der Waals surface area contributed by atoms with Crippen LogP contribution in [-0.2, 0) is 16.0 Å². The summed E-state index contributed by atoms with van der Waals surface area (Å²) in [7, 11) is 0. The van der Waals surface area contributed by atoms with Crippen molar-refractivity contribution in [2.45, 2.75) is 45.1 Å². The van der Waals surface area contributed by atoms with Crippen LogP contribution in [0.25, 0.3) is 0 Å². The first-order chi connectivity index (χ1) is 12.7. The van der Waals surface area contributed by atoms with Gasteiger partial charge >= 0.3 is 6.09 Å². The molecule has 2 aliphatic heterocycles. The average molecular weight is 359 g/mol. The Morgan fingerprint density at radius 2 is 1.73 bits per heavy atom. The molecule has 0 bridgehead atoms. The molecule has 2 heterocycles. The van der Waals surface area contributed by atoms with E-state index < -0.39 is 0 Å². The second-order valence-electron chi connectivity index (χ2n) is 7.07. The van der Waals surface area contributed by atoms with Crippen LogP contribution in [0.1, 0.15) is 38.2 Å². The van der Waals surface area contributed by atoms with Crippen LogP contribution >= 0.6 is 0 Å². The van der Waals surface area contributed by atoms with E-state index in [2.05, 4.69) is 34.5 Å². The minimum absolute atomic E-state index is 0.0495. The predicted octanol–water partition coefficient (Wildman–Crippen LogP) is 2.57. The maximum absolute atomic E-state index is 12.3. The highest BCUT2D eigenvalue weighted by Crippen LogP contribution is 2.20. The summed E-state index contributed by atoms with van der Waals surface area (Å²) in [4.78, 5) is 28.1. The second-order valence-corrected chi connectivity index (χ2v) is 7.07. The number of nitrogens with one attached hydrogen (secondary N) is 1. The van der Waals surface area contributed by atoms with Gasteiger partial charge in [-0.1, -0.05) is 12.1 Å². The van der Waals surface area contributed by atoms with Crippen molar-refractivity contribution in [3.05, 3.63) is 29.8 Å². The summed E-state index contributed by atoms with van der Waals surface area (Å²) in [6.45, 7) is 5.73. The smallest absolute Gasteiger partial charge is 0.409 e. The van der Waals surface area contributed by atoms with E-state index in [1.54, 1.807) is 4.90 Å². The Balaban J connectivity index is 1.42. The van der Waals surface area contributed by atoms with E-state index in [9.17, 15) is 9.59 Å². The molecular weight excluding hydrogens is 330 g/mol. The van der Waals surface area contributed by atoms with Gasteiger partial charge in [0.2, 0.25) is 5.91 Å². The van der Waals surface area contributed by atoms with Crippen LogP contribution in [-0.4, -0.2) is 55.7 Å². The number of carbonyl (C=O) groups excluding carboxylic acids is 2.